The van der Waals surface area contributed by atoms with Crippen LogP contribution in [-0.4, -0.2) is 82.3 Å². The summed E-state index contributed by atoms with van der Waals surface area (Å²) in [4.78, 5) is 55.1. The van der Waals surface area contributed by atoms with Gasteiger partial charge < -0.3 is 20.0 Å². The van der Waals surface area contributed by atoms with Crippen molar-refractivity contribution >= 4 is 60.8 Å². The second-order valence-corrected chi connectivity index (χ2v) is 19.1. The number of carbonyl (C=O) groups excluding carboxylic acids is 4. The number of esters is 1. The van der Waals surface area contributed by atoms with Gasteiger partial charge in [-0.05, 0) is 69.7 Å². The van der Waals surface area contributed by atoms with Crippen LogP contribution in [-0.2, 0) is 34.5 Å². The molecule has 13 heteroatoms. The van der Waals surface area contributed by atoms with Crippen molar-refractivity contribution in [1.82, 2.24) is 20.7 Å². The summed E-state index contributed by atoms with van der Waals surface area (Å²) in [6, 6.07) is 8.81. The number of fused-ring (bicyclic) bond motifs is 1. The molecule has 3 amide bonds. The summed E-state index contributed by atoms with van der Waals surface area (Å²) >= 11 is 3.44. The second kappa shape index (κ2) is 17.8. The number of aromatic nitrogens is 1. The minimum atomic E-state index is -1.49. The molecule has 1 aliphatic rings. The van der Waals surface area contributed by atoms with E-state index in [4.69, 9.17) is 14.7 Å². The zero-order chi connectivity index (χ0) is 37.3. The van der Waals surface area contributed by atoms with Gasteiger partial charge in [0.1, 0.15) is 17.5 Å². The van der Waals surface area contributed by atoms with Crippen molar-refractivity contribution in [3.8, 4) is 0 Å². The molecule has 0 radical (unpaired) electrons. The number of hydrogen-bond donors (Lipinski definition) is 3. The molecular weight excluding hydrogens is 710 g/mol. The standard InChI is InChI=1S/C25H46N4O6S.C11H10BrN/c1-11-25(8,15-34-36(9,10)24(5,6)7)23(33)35-19(16(2)3)21(31)27-17(4)22(32)29-14-12-13-18(28-29)20(26)30;1-2-10-6-4-8-3-5-9(12)7-11(8)13-10/h11,16-19,28H,1,12-15H2,2-10H3,(H2,26,30)(H,27,31);3-7H,2H2,1H3/t17?,18?,19?,25-;/m1./s1. The molecule has 0 saturated carbocycles. The smallest absolute Gasteiger partial charge is 0.318 e. The van der Waals surface area contributed by atoms with Gasteiger partial charge in [-0.15, -0.1) is 16.9 Å². The molecule has 1 aromatic heterocycles. The van der Waals surface area contributed by atoms with Crippen LogP contribution in [0.4, 0.5) is 0 Å². The number of nitrogens with zero attached hydrogens (tertiary/aromatic N) is 2. The first-order chi connectivity index (χ1) is 22.6. The van der Waals surface area contributed by atoms with Gasteiger partial charge in [-0.25, -0.2) is 5.43 Å². The average molecular weight is 767 g/mol. The normalized spacial score (nSPS) is 18.0. The largest absolute Gasteiger partial charge is 0.451 e. The highest BCUT2D eigenvalue weighted by Crippen LogP contribution is 2.54. The van der Waals surface area contributed by atoms with Crippen molar-refractivity contribution in [2.24, 2.45) is 17.1 Å². The zero-order valence-corrected chi connectivity index (χ0v) is 33.1. The Labute approximate surface area is 302 Å². The van der Waals surface area contributed by atoms with Gasteiger partial charge in [0.05, 0.1) is 12.1 Å². The van der Waals surface area contributed by atoms with Gasteiger partial charge in [0.2, 0.25) is 5.91 Å². The first kappa shape index (κ1) is 42.2. The molecule has 1 aromatic carbocycles. The van der Waals surface area contributed by atoms with Crippen LogP contribution in [0.25, 0.3) is 10.9 Å². The highest BCUT2D eigenvalue weighted by molar-refractivity contribution is 9.10. The van der Waals surface area contributed by atoms with E-state index in [-0.39, 0.29) is 17.3 Å². The van der Waals surface area contributed by atoms with Crippen molar-refractivity contribution in [3.05, 3.63) is 53.2 Å². The molecule has 4 atom stereocenters. The second-order valence-electron chi connectivity index (χ2n) is 14.2. The third kappa shape index (κ3) is 11.8. The number of hydrazine groups is 1. The monoisotopic (exact) mass is 765 g/mol. The SMILES string of the molecule is C=C[C@](C)(COS(C)(C)C(C)(C)C)C(=O)OC(C(=O)NC(C)C(=O)N1CCCC(C(N)=O)N1)C(C)C.CCc1ccc2ccc(Br)cc2n1. The first-order valence-electron chi connectivity index (χ1n) is 16.6. The number of primary amides is 1. The molecule has 4 N–H and O–H groups in total. The summed E-state index contributed by atoms with van der Waals surface area (Å²) < 4.78 is 12.8. The number of halogens is 1. The summed E-state index contributed by atoms with van der Waals surface area (Å²) in [7, 11) is -1.49. The maximum Gasteiger partial charge on any atom is 0.318 e. The first-order valence-corrected chi connectivity index (χ1v) is 19.8. The molecule has 274 valence electrons. The van der Waals surface area contributed by atoms with Crippen LogP contribution in [0.5, 0.6) is 0 Å². The lowest BCUT2D eigenvalue weighted by Crippen LogP contribution is -2.60. The summed E-state index contributed by atoms with van der Waals surface area (Å²) in [5.41, 5.74) is 9.20. The highest BCUT2D eigenvalue weighted by Gasteiger charge is 2.40. The van der Waals surface area contributed by atoms with Crippen molar-refractivity contribution < 1.29 is 28.1 Å². The van der Waals surface area contributed by atoms with Crippen molar-refractivity contribution in [3.63, 3.8) is 0 Å². The van der Waals surface area contributed by atoms with E-state index in [0.29, 0.717) is 19.4 Å². The third-order valence-electron chi connectivity index (χ3n) is 8.74. The minimum Gasteiger partial charge on any atom is -0.451 e. The van der Waals surface area contributed by atoms with Gasteiger partial charge in [0.25, 0.3) is 11.8 Å². The van der Waals surface area contributed by atoms with Crippen molar-refractivity contribution in [2.75, 3.05) is 25.7 Å². The Morgan fingerprint density at radius 1 is 1.16 bits per heavy atom. The summed E-state index contributed by atoms with van der Waals surface area (Å²) in [5.74, 6) is -2.53. The Morgan fingerprint density at radius 2 is 1.80 bits per heavy atom. The van der Waals surface area contributed by atoms with E-state index in [1.807, 2.05) is 18.6 Å². The average Bonchev–Trinajstić information content (AvgIpc) is 3.04. The zero-order valence-electron chi connectivity index (χ0n) is 30.7. The fourth-order valence-corrected chi connectivity index (χ4v) is 5.70. The molecule has 1 saturated heterocycles. The Kier molecular flexibility index (Phi) is 15.3. The molecule has 0 bridgehead atoms. The quantitative estimate of drug-likeness (QED) is 0.187. The number of nitrogens with two attached hydrogens (primary N) is 1. The number of carbonyl (C=O) groups is 4. The molecule has 3 unspecified atom stereocenters. The van der Waals surface area contributed by atoms with Crippen LogP contribution in [0.2, 0.25) is 0 Å². The minimum absolute atomic E-state index is 0.0674. The van der Waals surface area contributed by atoms with E-state index in [0.717, 1.165) is 22.1 Å². The van der Waals surface area contributed by atoms with E-state index in [1.54, 1.807) is 20.8 Å². The number of pyridine rings is 1. The Hall–Kier alpha value is -3.00. The van der Waals surface area contributed by atoms with Crippen LogP contribution < -0.4 is 16.5 Å². The number of hydrogen-bond acceptors (Lipinski definition) is 8. The summed E-state index contributed by atoms with van der Waals surface area (Å²) in [6.45, 7) is 19.3. The van der Waals surface area contributed by atoms with Gasteiger partial charge >= 0.3 is 5.97 Å². The van der Waals surface area contributed by atoms with Gasteiger partial charge in [0.15, 0.2) is 6.10 Å². The van der Waals surface area contributed by atoms with Gasteiger partial charge in [-0.1, -0.05) is 75.7 Å². The van der Waals surface area contributed by atoms with Gasteiger partial charge in [0, 0.05) is 26.8 Å². The highest BCUT2D eigenvalue weighted by atomic mass is 79.9. The fourth-order valence-electron chi connectivity index (χ4n) is 4.46. The Balaban J connectivity index is 0.000000526. The Bertz CT molecular complexity index is 1500. The lowest BCUT2D eigenvalue weighted by atomic mass is 9.92. The third-order valence-corrected chi connectivity index (χ3v) is 12.9. The molecule has 2 heterocycles. The van der Waals surface area contributed by atoms with E-state index < -0.39 is 57.6 Å². The number of nitrogens with one attached hydrogen (secondary N) is 2. The van der Waals surface area contributed by atoms with E-state index >= 15 is 0 Å². The summed E-state index contributed by atoms with van der Waals surface area (Å²) in [6.07, 6.45) is 6.55. The van der Waals surface area contributed by atoms with Crippen LogP contribution in [0, 0.1) is 11.3 Å². The van der Waals surface area contributed by atoms with Gasteiger partial charge in [-0.2, -0.15) is 0 Å². The predicted octanol–water partition coefficient (Wildman–Crippen LogP) is 5.59. The molecule has 2 aromatic rings. The van der Waals surface area contributed by atoms with Crippen molar-refractivity contribution in [2.45, 2.75) is 97.6 Å². The number of benzene rings is 1. The topological polar surface area (TPSA) is 153 Å². The molecule has 49 heavy (non-hydrogen) atoms. The lowest BCUT2D eigenvalue weighted by molar-refractivity contribution is -0.167. The molecule has 1 fully saturated rings. The van der Waals surface area contributed by atoms with Crippen LogP contribution in [0.1, 0.15) is 73.9 Å². The maximum absolute atomic E-state index is 13.2. The Morgan fingerprint density at radius 3 is 2.35 bits per heavy atom. The number of amides is 3. The number of aryl methyl sites for hydroxylation is 1. The number of rotatable bonds is 12. The maximum atomic E-state index is 13.2. The molecule has 0 aliphatic carbocycles. The van der Waals surface area contributed by atoms with E-state index in [1.165, 1.54) is 23.4 Å². The molecule has 11 nitrogen and oxygen atoms in total. The van der Waals surface area contributed by atoms with Crippen LogP contribution in [0.3, 0.4) is 0 Å². The summed E-state index contributed by atoms with van der Waals surface area (Å²) in [5, 5.41) is 5.13. The molecular formula is C36H56BrN5O6S. The molecule has 0 spiro atoms. The van der Waals surface area contributed by atoms with E-state index in [2.05, 4.69) is 90.2 Å². The van der Waals surface area contributed by atoms with Gasteiger partial charge in [-0.3, -0.25) is 29.2 Å². The van der Waals surface area contributed by atoms with Crippen LogP contribution >= 0.6 is 26.2 Å². The molecule has 3 rings (SSSR count). The molecule has 1 aliphatic heterocycles. The lowest BCUT2D eigenvalue weighted by Gasteiger charge is -2.45. The van der Waals surface area contributed by atoms with E-state index in [9.17, 15) is 19.2 Å². The number of ether oxygens (including phenoxy) is 1. The van der Waals surface area contributed by atoms with Crippen LogP contribution in [0.15, 0.2) is 47.5 Å². The predicted molar refractivity (Wildman–Crippen MR) is 202 cm³/mol. The van der Waals surface area contributed by atoms with Crippen molar-refractivity contribution in [1.29, 1.82) is 0 Å². The fraction of sp³-hybridized carbons (Fsp3) is 0.583.